The van der Waals surface area contributed by atoms with Crippen LogP contribution >= 0.6 is 0 Å². The van der Waals surface area contributed by atoms with E-state index in [0.29, 0.717) is 0 Å². The molecule has 4 heteroatoms. The second-order valence-corrected chi connectivity index (χ2v) is 5.26. The first-order chi connectivity index (χ1) is 9.04. The monoisotopic (exact) mass is 267 g/mol. The van der Waals surface area contributed by atoms with E-state index in [1.807, 2.05) is 13.0 Å². The van der Waals surface area contributed by atoms with Gasteiger partial charge in [0.15, 0.2) is 0 Å². The summed E-state index contributed by atoms with van der Waals surface area (Å²) in [5, 5.41) is 3.40. The van der Waals surface area contributed by atoms with Gasteiger partial charge in [-0.3, -0.25) is 0 Å². The average molecular weight is 267 g/mol. The largest absolute Gasteiger partial charge is 0.463 e. The summed E-state index contributed by atoms with van der Waals surface area (Å²) in [6.07, 6.45) is 3.67. The molecular formula is C15H25NO3. The maximum atomic E-state index is 11.3. The first-order valence-corrected chi connectivity index (χ1v) is 6.96. The van der Waals surface area contributed by atoms with Crippen LogP contribution in [0.1, 0.15) is 62.4 Å². The Morgan fingerprint density at radius 2 is 2.05 bits per heavy atom. The van der Waals surface area contributed by atoms with Crippen molar-refractivity contribution in [3.63, 3.8) is 0 Å². The fourth-order valence-electron chi connectivity index (χ4n) is 1.89. The molecule has 1 atom stereocenters. The van der Waals surface area contributed by atoms with Crippen molar-refractivity contribution in [2.75, 3.05) is 13.7 Å². The van der Waals surface area contributed by atoms with Crippen molar-refractivity contribution >= 4 is 5.97 Å². The number of rotatable bonds is 8. The molecule has 0 fully saturated rings. The lowest BCUT2D eigenvalue weighted by Crippen LogP contribution is -2.19. The molecule has 0 saturated carbocycles. The molecule has 108 valence electrons. The van der Waals surface area contributed by atoms with Gasteiger partial charge in [0.2, 0.25) is 5.76 Å². The molecule has 0 saturated heterocycles. The maximum absolute atomic E-state index is 11.3. The number of hydrogen-bond donors (Lipinski definition) is 1. The number of ether oxygens (including phenoxy) is 1. The van der Waals surface area contributed by atoms with Gasteiger partial charge < -0.3 is 14.5 Å². The van der Waals surface area contributed by atoms with Gasteiger partial charge in [0.25, 0.3) is 0 Å². The third-order valence-corrected chi connectivity index (χ3v) is 3.10. The van der Waals surface area contributed by atoms with Crippen LogP contribution in [-0.2, 0) is 4.74 Å². The van der Waals surface area contributed by atoms with E-state index >= 15 is 0 Å². The highest BCUT2D eigenvalue weighted by atomic mass is 16.5. The summed E-state index contributed by atoms with van der Waals surface area (Å²) in [6.45, 7) is 7.48. The number of carbonyl (C=O) groups is 1. The van der Waals surface area contributed by atoms with Crippen LogP contribution in [-0.4, -0.2) is 19.6 Å². The normalized spacial score (nSPS) is 12.7. The number of hydrogen-bond acceptors (Lipinski definition) is 4. The molecule has 0 bridgehead atoms. The van der Waals surface area contributed by atoms with Gasteiger partial charge in [-0.25, -0.2) is 4.79 Å². The molecule has 0 aliphatic heterocycles. The van der Waals surface area contributed by atoms with E-state index in [1.54, 1.807) is 6.07 Å². The number of carbonyl (C=O) groups excluding carboxylic acids is 1. The molecule has 1 rings (SSSR count). The summed E-state index contributed by atoms with van der Waals surface area (Å²) < 4.78 is 10.1. The molecule has 1 N–H and O–H groups in total. The first-order valence-electron chi connectivity index (χ1n) is 6.96. The van der Waals surface area contributed by atoms with E-state index in [2.05, 4.69) is 23.9 Å². The van der Waals surface area contributed by atoms with Gasteiger partial charge in [0, 0.05) is 0 Å². The third kappa shape index (κ3) is 5.47. The Hall–Kier alpha value is -1.29. The standard InChI is InChI=1S/C15H25NO3/c1-11(2)7-5-6-10-16-12(3)13-8-9-14(19-13)15(17)18-4/h8-9,11-12,16H,5-7,10H2,1-4H3. The lowest BCUT2D eigenvalue weighted by Gasteiger charge is -2.11. The van der Waals surface area contributed by atoms with Gasteiger partial charge in [-0.15, -0.1) is 0 Å². The number of nitrogens with one attached hydrogen (secondary N) is 1. The molecule has 0 radical (unpaired) electrons. The summed E-state index contributed by atoms with van der Waals surface area (Å²) >= 11 is 0. The van der Waals surface area contributed by atoms with Crippen LogP contribution in [0.4, 0.5) is 0 Å². The fourth-order valence-corrected chi connectivity index (χ4v) is 1.89. The number of esters is 1. The van der Waals surface area contributed by atoms with Crippen molar-refractivity contribution in [3.05, 3.63) is 23.7 Å². The van der Waals surface area contributed by atoms with Gasteiger partial charge in [0.1, 0.15) is 5.76 Å². The van der Waals surface area contributed by atoms with Gasteiger partial charge in [0.05, 0.1) is 13.2 Å². The number of furan rings is 1. The molecule has 4 nitrogen and oxygen atoms in total. The number of methoxy groups -OCH3 is 1. The summed E-state index contributed by atoms with van der Waals surface area (Å²) in [4.78, 5) is 11.3. The van der Waals surface area contributed by atoms with E-state index in [9.17, 15) is 4.79 Å². The van der Waals surface area contributed by atoms with Crippen LogP contribution in [0.5, 0.6) is 0 Å². The van der Waals surface area contributed by atoms with Crippen molar-refractivity contribution in [1.82, 2.24) is 5.32 Å². The lowest BCUT2D eigenvalue weighted by molar-refractivity contribution is 0.0562. The van der Waals surface area contributed by atoms with Crippen molar-refractivity contribution in [2.24, 2.45) is 5.92 Å². The van der Waals surface area contributed by atoms with E-state index < -0.39 is 5.97 Å². The Morgan fingerprint density at radius 3 is 2.68 bits per heavy atom. The molecule has 1 aromatic rings. The molecule has 0 aliphatic carbocycles. The predicted molar refractivity (Wildman–Crippen MR) is 75.2 cm³/mol. The van der Waals surface area contributed by atoms with Crippen LogP contribution in [0, 0.1) is 5.92 Å². The Kier molecular flexibility index (Phi) is 6.64. The molecule has 1 heterocycles. The molecule has 1 unspecified atom stereocenters. The minimum Gasteiger partial charge on any atom is -0.463 e. The minimum absolute atomic E-state index is 0.109. The highest BCUT2D eigenvalue weighted by Crippen LogP contribution is 2.17. The smallest absolute Gasteiger partial charge is 0.373 e. The summed E-state index contributed by atoms with van der Waals surface area (Å²) in [6, 6.07) is 3.58. The quantitative estimate of drug-likeness (QED) is 0.578. The zero-order valence-corrected chi connectivity index (χ0v) is 12.4. The second kappa shape index (κ2) is 8.00. The summed E-state index contributed by atoms with van der Waals surface area (Å²) in [5.41, 5.74) is 0. The molecule has 0 aromatic carbocycles. The molecule has 1 aromatic heterocycles. The molecular weight excluding hydrogens is 242 g/mol. The summed E-state index contributed by atoms with van der Waals surface area (Å²) in [5.74, 6) is 1.36. The van der Waals surface area contributed by atoms with Gasteiger partial charge in [-0.1, -0.05) is 26.7 Å². The van der Waals surface area contributed by atoms with Crippen molar-refractivity contribution in [3.8, 4) is 0 Å². The second-order valence-electron chi connectivity index (χ2n) is 5.26. The highest BCUT2D eigenvalue weighted by molar-refractivity contribution is 5.86. The summed E-state index contributed by atoms with van der Waals surface area (Å²) in [7, 11) is 1.35. The minimum atomic E-state index is -0.435. The Labute approximate surface area is 115 Å². The zero-order valence-electron chi connectivity index (χ0n) is 12.4. The first kappa shape index (κ1) is 15.8. The van der Waals surface area contributed by atoms with Gasteiger partial charge in [-0.05, 0) is 37.9 Å². The molecule has 0 amide bonds. The molecule has 0 spiro atoms. The van der Waals surface area contributed by atoms with Crippen LogP contribution in [0.25, 0.3) is 0 Å². The van der Waals surface area contributed by atoms with E-state index in [0.717, 1.165) is 24.6 Å². The van der Waals surface area contributed by atoms with Crippen LogP contribution in [0.15, 0.2) is 16.5 Å². The van der Waals surface area contributed by atoms with Crippen LogP contribution in [0.2, 0.25) is 0 Å². The predicted octanol–water partition coefficient (Wildman–Crippen LogP) is 3.54. The maximum Gasteiger partial charge on any atom is 0.373 e. The third-order valence-electron chi connectivity index (χ3n) is 3.10. The molecule has 0 aliphatic rings. The Balaban J connectivity index is 2.31. The Bertz CT molecular complexity index is 384. The van der Waals surface area contributed by atoms with Gasteiger partial charge in [-0.2, -0.15) is 0 Å². The van der Waals surface area contributed by atoms with Crippen LogP contribution in [0.3, 0.4) is 0 Å². The van der Waals surface area contributed by atoms with Crippen molar-refractivity contribution in [1.29, 1.82) is 0 Å². The SMILES string of the molecule is COC(=O)c1ccc(C(C)NCCCCC(C)C)o1. The fraction of sp³-hybridized carbons (Fsp3) is 0.667. The van der Waals surface area contributed by atoms with E-state index in [-0.39, 0.29) is 11.8 Å². The van der Waals surface area contributed by atoms with Gasteiger partial charge >= 0.3 is 5.97 Å². The molecule has 19 heavy (non-hydrogen) atoms. The highest BCUT2D eigenvalue weighted by Gasteiger charge is 2.14. The van der Waals surface area contributed by atoms with Crippen molar-refractivity contribution in [2.45, 2.75) is 46.1 Å². The number of unbranched alkanes of at least 4 members (excludes halogenated alkanes) is 1. The zero-order chi connectivity index (χ0) is 14.3. The van der Waals surface area contributed by atoms with E-state index in [4.69, 9.17) is 4.42 Å². The topological polar surface area (TPSA) is 51.5 Å². The van der Waals surface area contributed by atoms with E-state index in [1.165, 1.54) is 20.0 Å². The van der Waals surface area contributed by atoms with Crippen LogP contribution < -0.4 is 5.32 Å². The Morgan fingerprint density at radius 1 is 1.32 bits per heavy atom. The lowest BCUT2D eigenvalue weighted by atomic mass is 10.1. The average Bonchev–Trinajstić information content (AvgIpc) is 2.86. The van der Waals surface area contributed by atoms with Crippen molar-refractivity contribution < 1.29 is 13.9 Å².